The van der Waals surface area contributed by atoms with Crippen LogP contribution in [0, 0.1) is 17.2 Å². The van der Waals surface area contributed by atoms with Crippen molar-refractivity contribution in [2.45, 2.75) is 45.1 Å². The highest BCUT2D eigenvalue weighted by atomic mass is 19.4. The number of fused-ring (bicyclic) bond motifs is 1. The lowest BCUT2D eigenvalue weighted by Crippen LogP contribution is -2.33. The molecule has 2 aromatic rings. The molecule has 1 amide bonds. The first kappa shape index (κ1) is 25.6. The van der Waals surface area contributed by atoms with E-state index in [1.807, 2.05) is 6.07 Å². The quantitative estimate of drug-likeness (QED) is 0.573. The summed E-state index contributed by atoms with van der Waals surface area (Å²) in [6.45, 7) is 5.21. The number of aliphatic imine (C=N–C) groups is 1. The van der Waals surface area contributed by atoms with E-state index in [1.165, 1.54) is 16.7 Å². The average molecular weight is 503 g/mol. The summed E-state index contributed by atoms with van der Waals surface area (Å²) >= 11 is 0. The average Bonchev–Trinajstić information content (AvgIpc) is 3.25. The number of amides is 1. The third-order valence-electron chi connectivity index (χ3n) is 6.70. The van der Waals surface area contributed by atoms with E-state index in [4.69, 9.17) is 10.5 Å². The normalized spacial score (nSPS) is 18.6. The lowest BCUT2D eigenvalue weighted by molar-refractivity contribution is -0.139. The summed E-state index contributed by atoms with van der Waals surface area (Å²) in [6, 6.07) is 7.41. The second kappa shape index (κ2) is 10.6. The number of hydrogen-bond donors (Lipinski definition) is 2. The van der Waals surface area contributed by atoms with E-state index in [0.29, 0.717) is 23.7 Å². The van der Waals surface area contributed by atoms with E-state index in [1.54, 1.807) is 12.3 Å². The van der Waals surface area contributed by atoms with Gasteiger partial charge in [-0.05, 0) is 69.1 Å². The van der Waals surface area contributed by atoms with Gasteiger partial charge in [-0.1, -0.05) is 6.92 Å². The van der Waals surface area contributed by atoms with Crippen molar-refractivity contribution in [3.05, 3.63) is 47.2 Å². The number of nitrogens with two attached hydrogens (primary N) is 1. The molecule has 1 saturated heterocycles. The second-order valence-corrected chi connectivity index (χ2v) is 9.05. The van der Waals surface area contributed by atoms with Crippen LogP contribution in [0.25, 0.3) is 0 Å². The number of ether oxygens (including phenoxy) is 1. The van der Waals surface area contributed by atoms with Gasteiger partial charge in [0.2, 0.25) is 12.1 Å². The maximum atomic E-state index is 14.0. The number of nitrogens with one attached hydrogen (secondary N) is 1. The first-order valence-corrected chi connectivity index (χ1v) is 12.0. The number of nitriles is 1. The molecule has 0 saturated carbocycles. The number of piperidine rings is 1. The predicted molar refractivity (Wildman–Crippen MR) is 129 cm³/mol. The molecule has 0 radical (unpaired) electrons. The van der Waals surface area contributed by atoms with Gasteiger partial charge < -0.3 is 25.3 Å². The summed E-state index contributed by atoms with van der Waals surface area (Å²) in [5.74, 6) is 0.0179. The number of alkyl halides is 3. The molecule has 1 aromatic carbocycles. The Kier molecular flexibility index (Phi) is 7.54. The number of halogens is 3. The van der Waals surface area contributed by atoms with Crippen LogP contribution in [0.4, 0.5) is 19.0 Å². The lowest BCUT2D eigenvalue weighted by Gasteiger charge is -2.31. The summed E-state index contributed by atoms with van der Waals surface area (Å²) in [5.41, 5.74) is 5.29. The maximum Gasteiger partial charge on any atom is 0.419 e. The summed E-state index contributed by atoms with van der Waals surface area (Å²) in [6.07, 6.45) is -1.35. The van der Waals surface area contributed by atoms with Gasteiger partial charge in [-0.25, -0.2) is 4.99 Å². The smallest absolute Gasteiger partial charge is 0.419 e. The number of carbonyl (C=O) groups is 1. The van der Waals surface area contributed by atoms with Crippen molar-refractivity contribution >= 4 is 17.4 Å². The van der Waals surface area contributed by atoms with Crippen molar-refractivity contribution in [2.75, 3.05) is 31.6 Å². The van der Waals surface area contributed by atoms with Crippen LogP contribution < -0.4 is 15.8 Å². The van der Waals surface area contributed by atoms with Crippen molar-refractivity contribution in [1.29, 1.82) is 5.26 Å². The fraction of sp³-hybridized carbons (Fsp3) is 0.480. The highest BCUT2D eigenvalue weighted by Gasteiger charge is 2.36. The Morgan fingerprint density at radius 1 is 1.31 bits per heavy atom. The van der Waals surface area contributed by atoms with E-state index in [0.717, 1.165) is 38.5 Å². The third kappa shape index (κ3) is 5.65. The largest absolute Gasteiger partial charge is 0.493 e. The molecule has 0 bridgehead atoms. The number of primary amides is 1. The molecule has 1 unspecified atom stereocenters. The van der Waals surface area contributed by atoms with Gasteiger partial charge in [-0.3, -0.25) is 4.79 Å². The van der Waals surface area contributed by atoms with E-state index < -0.39 is 23.8 Å². The first-order valence-electron chi connectivity index (χ1n) is 12.0. The molecule has 2 aliphatic heterocycles. The number of aromatic nitrogens is 1. The topological polar surface area (TPSA) is 109 Å². The number of rotatable bonds is 8. The van der Waals surface area contributed by atoms with Crippen LogP contribution in [0.3, 0.4) is 0 Å². The van der Waals surface area contributed by atoms with Gasteiger partial charge in [0, 0.05) is 17.3 Å². The van der Waals surface area contributed by atoms with Gasteiger partial charge in [0.1, 0.15) is 24.2 Å². The van der Waals surface area contributed by atoms with Gasteiger partial charge in [-0.2, -0.15) is 18.4 Å². The Hall–Kier alpha value is -3.52. The van der Waals surface area contributed by atoms with Crippen molar-refractivity contribution in [2.24, 2.45) is 16.6 Å². The van der Waals surface area contributed by atoms with Crippen LogP contribution in [-0.4, -0.2) is 53.5 Å². The monoisotopic (exact) mass is 502 g/mol. The standard InChI is InChI=1S/C25H29F3N6O2/c1-2-33-9-5-16(6-10-33)8-12-36-20-4-3-17(13-19(20)25(26,27)28)23-18-7-11-34(15-21(30)35)24(18)32-22(14-29)31-23/h3-4,7,11,13,16,22,32H,2,5-6,8-10,12,15H2,1H3,(H2,30,35). The molecule has 192 valence electrons. The van der Waals surface area contributed by atoms with E-state index in [-0.39, 0.29) is 30.2 Å². The van der Waals surface area contributed by atoms with Crippen LogP contribution in [0.15, 0.2) is 35.5 Å². The molecular formula is C25H29F3N6O2. The maximum absolute atomic E-state index is 14.0. The Labute approximate surface area is 207 Å². The molecule has 1 atom stereocenters. The predicted octanol–water partition coefficient (Wildman–Crippen LogP) is 3.61. The zero-order chi connectivity index (χ0) is 25.9. The molecular weight excluding hydrogens is 473 g/mol. The van der Waals surface area contributed by atoms with Gasteiger partial charge in [0.05, 0.1) is 17.9 Å². The fourth-order valence-corrected chi connectivity index (χ4v) is 4.73. The summed E-state index contributed by atoms with van der Waals surface area (Å²) in [4.78, 5) is 18.1. The zero-order valence-corrected chi connectivity index (χ0v) is 20.0. The minimum atomic E-state index is -4.64. The number of benzene rings is 1. The van der Waals surface area contributed by atoms with Crippen LogP contribution in [0.1, 0.15) is 42.9 Å². The SMILES string of the molecule is CCN1CCC(CCOc2ccc(C3=NC(C#N)Nc4c3ccn4CC(N)=O)cc2C(F)(F)F)CC1. The Morgan fingerprint density at radius 2 is 2.06 bits per heavy atom. The van der Waals surface area contributed by atoms with Crippen molar-refractivity contribution in [3.63, 3.8) is 0 Å². The number of nitrogens with zero attached hydrogens (tertiary/aromatic N) is 4. The zero-order valence-electron chi connectivity index (χ0n) is 20.0. The molecule has 3 N–H and O–H groups in total. The van der Waals surface area contributed by atoms with Crippen LogP contribution in [0.2, 0.25) is 0 Å². The minimum absolute atomic E-state index is 0.147. The Bertz CT molecular complexity index is 1180. The Balaban J connectivity index is 1.56. The van der Waals surface area contributed by atoms with Gasteiger partial charge in [-0.15, -0.1) is 0 Å². The summed E-state index contributed by atoms with van der Waals surface area (Å²) in [7, 11) is 0. The fourth-order valence-electron chi connectivity index (χ4n) is 4.73. The van der Waals surface area contributed by atoms with Crippen molar-refractivity contribution in [1.82, 2.24) is 9.47 Å². The molecule has 1 fully saturated rings. The van der Waals surface area contributed by atoms with E-state index >= 15 is 0 Å². The molecule has 2 aliphatic rings. The summed E-state index contributed by atoms with van der Waals surface area (Å²) in [5, 5.41) is 12.3. The van der Waals surface area contributed by atoms with Gasteiger partial charge in [0.15, 0.2) is 0 Å². The van der Waals surface area contributed by atoms with E-state index in [9.17, 15) is 23.2 Å². The highest BCUT2D eigenvalue weighted by Crippen LogP contribution is 2.38. The molecule has 36 heavy (non-hydrogen) atoms. The van der Waals surface area contributed by atoms with Gasteiger partial charge in [0.25, 0.3) is 0 Å². The van der Waals surface area contributed by atoms with Gasteiger partial charge >= 0.3 is 6.18 Å². The highest BCUT2D eigenvalue weighted by molar-refractivity contribution is 6.17. The second-order valence-electron chi connectivity index (χ2n) is 9.05. The molecule has 4 rings (SSSR count). The first-order chi connectivity index (χ1) is 17.2. The van der Waals surface area contributed by atoms with Crippen LogP contribution >= 0.6 is 0 Å². The van der Waals surface area contributed by atoms with Crippen molar-refractivity contribution in [3.8, 4) is 11.8 Å². The molecule has 8 nitrogen and oxygen atoms in total. The Morgan fingerprint density at radius 3 is 2.69 bits per heavy atom. The van der Waals surface area contributed by atoms with Crippen LogP contribution in [0.5, 0.6) is 5.75 Å². The summed E-state index contributed by atoms with van der Waals surface area (Å²) < 4.78 is 49.1. The van der Waals surface area contributed by atoms with E-state index in [2.05, 4.69) is 22.1 Å². The molecule has 0 spiro atoms. The molecule has 1 aromatic heterocycles. The van der Waals surface area contributed by atoms with Crippen LogP contribution in [-0.2, 0) is 17.5 Å². The number of likely N-dealkylation sites (tertiary alicyclic amines) is 1. The lowest BCUT2D eigenvalue weighted by atomic mass is 9.94. The number of carbonyl (C=O) groups excluding carboxylic acids is 1. The molecule has 3 heterocycles. The number of hydrogen-bond acceptors (Lipinski definition) is 6. The molecule has 11 heteroatoms. The van der Waals surface area contributed by atoms with Crippen molar-refractivity contribution < 1.29 is 22.7 Å². The number of anilines is 1. The minimum Gasteiger partial charge on any atom is -0.493 e. The third-order valence-corrected chi connectivity index (χ3v) is 6.70. The molecule has 0 aliphatic carbocycles.